The Kier molecular flexibility index (Phi) is 5.05. The van der Waals surface area contributed by atoms with Crippen molar-refractivity contribution in [2.45, 2.75) is 39.3 Å². The summed E-state index contributed by atoms with van der Waals surface area (Å²) in [5.41, 5.74) is 0. The van der Waals surface area contributed by atoms with Gasteiger partial charge in [-0.1, -0.05) is 6.92 Å². The van der Waals surface area contributed by atoms with Gasteiger partial charge in [0.1, 0.15) is 6.61 Å². The second-order valence-electron chi connectivity index (χ2n) is 4.54. The quantitative estimate of drug-likeness (QED) is 0.717. The molecule has 1 heterocycles. The number of rotatable bonds is 4. The van der Waals surface area contributed by atoms with Crippen LogP contribution in [0.2, 0.25) is 0 Å². The van der Waals surface area contributed by atoms with Crippen LogP contribution in [-0.4, -0.2) is 37.7 Å². The van der Waals surface area contributed by atoms with E-state index in [9.17, 15) is 4.79 Å². The van der Waals surface area contributed by atoms with Crippen LogP contribution in [0.3, 0.4) is 0 Å². The van der Waals surface area contributed by atoms with Gasteiger partial charge >= 0.3 is 0 Å². The highest BCUT2D eigenvalue weighted by Crippen LogP contribution is 2.14. The summed E-state index contributed by atoms with van der Waals surface area (Å²) >= 11 is 0. The van der Waals surface area contributed by atoms with E-state index < -0.39 is 0 Å². The van der Waals surface area contributed by atoms with Gasteiger partial charge in [-0.25, -0.2) is 0 Å². The molecule has 0 saturated carbocycles. The minimum absolute atomic E-state index is 0.0252. The molecular weight excluding hydrogens is 192 g/mol. The van der Waals surface area contributed by atoms with E-state index in [2.05, 4.69) is 17.6 Å². The van der Waals surface area contributed by atoms with Gasteiger partial charge in [0, 0.05) is 12.6 Å². The van der Waals surface area contributed by atoms with Crippen molar-refractivity contribution in [3.63, 3.8) is 0 Å². The number of hydrogen-bond donors (Lipinski definition) is 2. The minimum atomic E-state index is -0.0252. The first-order valence-corrected chi connectivity index (χ1v) is 5.71. The molecule has 4 nitrogen and oxygen atoms in total. The average molecular weight is 214 g/mol. The van der Waals surface area contributed by atoms with Crippen LogP contribution in [-0.2, 0) is 9.53 Å². The number of nitrogens with one attached hydrogen (secondary N) is 2. The van der Waals surface area contributed by atoms with Crippen LogP contribution in [0.5, 0.6) is 0 Å². The normalized spacial score (nSPS) is 26.7. The fraction of sp³-hybridized carbons (Fsp3) is 0.909. The predicted molar refractivity (Wildman–Crippen MR) is 59.7 cm³/mol. The van der Waals surface area contributed by atoms with Gasteiger partial charge in [-0.15, -0.1) is 0 Å². The van der Waals surface area contributed by atoms with Gasteiger partial charge in [-0.2, -0.15) is 0 Å². The van der Waals surface area contributed by atoms with Crippen LogP contribution in [0, 0.1) is 5.92 Å². The maximum Gasteiger partial charge on any atom is 0.246 e. The highest BCUT2D eigenvalue weighted by Gasteiger charge is 2.22. The molecule has 88 valence electrons. The Hall–Kier alpha value is -0.610. The predicted octanol–water partition coefficient (Wildman–Crippen LogP) is 0.526. The van der Waals surface area contributed by atoms with Crippen molar-refractivity contribution in [3.8, 4) is 0 Å². The van der Waals surface area contributed by atoms with Crippen LogP contribution < -0.4 is 10.6 Å². The minimum Gasteiger partial charge on any atom is -0.367 e. The van der Waals surface area contributed by atoms with Crippen molar-refractivity contribution in [1.29, 1.82) is 0 Å². The molecular formula is C11H22N2O2. The summed E-state index contributed by atoms with van der Waals surface area (Å²) in [7, 11) is 0. The number of carbonyl (C=O) groups excluding carboxylic acids is 1. The maximum atomic E-state index is 11.3. The van der Waals surface area contributed by atoms with Crippen LogP contribution in [0.1, 0.15) is 27.2 Å². The van der Waals surface area contributed by atoms with Crippen LogP contribution in [0.4, 0.5) is 0 Å². The molecule has 0 aromatic heterocycles. The fourth-order valence-electron chi connectivity index (χ4n) is 1.73. The van der Waals surface area contributed by atoms with Crippen molar-refractivity contribution < 1.29 is 9.53 Å². The zero-order valence-electron chi connectivity index (χ0n) is 9.88. The molecule has 1 amide bonds. The Bertz CT molecular complexity index is 207. The summed E-state index contributed by atoms with van der Waals surface area (Å²) in [4.78, 5) is 11.3. The molecule has 15 heavy (non-hydrogen) atoms. The van der Waals surface area contributed by atoms with Gasteiger partial charge < -0.3 is 15.4 Å². The summed E-state index contributed by atoms with van der Waals surface area (Å²) in [5.74, 6) is 0.515. The molecule has 0 bridgehead atoms. The summed E-state index contributed by atoms with van der Waals surface area (Å²) in [5, 5.41) is 6.09. The smallest absolute Gasteiger partial charge is 0.246 e. The number of ether oxygens (including phenoxy) is 1. The summed E-state index contributed by atoms with van der Waals surface area (Å²) in [6.07, 6.45) is 1.30. The summed E-state index contributed by atoms with van der Waals surface area (Å²) in [6, 6.07) is 0.183. The topological polar surface area (TPSA) is 50.4 Å². The molecule has 1 saturated heterocycles. The van der Waals surface area contributed by atoms with E-state index in [1.807, 2.05) is 13.8 Å². The number of amides is 1. The third kappa shape index (κ3) is 4.62. The van der Waals surface area contributed by atoms with E-state index in [1.54, 1.807) is 0 Å². The van der Waals surface area contributed by atoms with E-state index >= 15 is 0 Å². The first-order chi connectivity index (χ1) is 7.09. The second-order valence-corrected chi connectivity index (χ2v) is 4.54. The molecule has 0 aromatic rings. The Morgan fingerprint density at radius 1 is 1.60 bits per heavy atom. The lowest BCUT2D eigenvalue weighted by molar-refractivity contribution is -0.129. The molecule has 0 aliphatic carbocycles. The first-order valence-electron chi connectivity index (χ1n) is 5.71. The summed E-state index contributed by atoms with van der Waals surface area (Å²) < 4.78 is 5.58. The molecule has 1 fully saturated rings. The third-order valence-corrected chi connectivity index (χ3v) is 2.63. The van der Waals surface area contributed by atoms with E-state index in [4.69, 9.17) is 4.74 Å². The summed E-state index contributed by atoms with van der Waals surface area (Å²) in [6.45, 7) is 8.15. The monoisotopic (exact) mass is 214 g/mol. The molecule has 2 N–H and O–H groups in total. The lowest BCUT2D eigenvalue weighted by Gasteiger charge is -2.29. The zero-order chi connectivity index (χ0) is 11.3. The Labute approximate surface area is 91.8 Å². The zero-order valence-corrected chi connectivity index (χ0v) is 9.88. The fourth-order valence-corrected chi connectivity index (χ4v) is 1.73. The Morgan fingerprint density at radius 2 is 2.33 bits per heavy atom. The van der Waals surface area contributed by atoms with E-state index in [1.165, 1.54) is 0 Å². The molecule has 0 aromatic carbocycles. The van der Waals surface area contributed by atoms with Crippen molar-refractivity contribution in [2.24, 2.45) is 5.92 Å². The number of hydrogen-bond acceptors (Lipinski definition) is 3. The third-order valence-electron chi connectivity index (χ3n) is 2.63. The molecule has 1 aliphatic rings. The van der Waals surface area contributed by atoms with Gasteiger partial charge in [-0.05, 0) is 32.7 Å². The van der Waals surface area contributed by atoms with E-state index in [-0.39, 0.29) is 24.7 Å². The molecule has 1 aliphatic heterocycles. The lowest BCUT2D eigenvalue weighted by atomic mass is 9.97. The Balaban J connectivity index is 2.20. The van der Waals surface area contributed by atoms with E-state index in [0.29, 0.717) is 5.92 Å². The van der Waals surface area contributed by atoms with Crippen LogP contribution in [0.25, 0.3) is 0 Å². The van der Waals surface area contributed by atoms with Crippen LogP contribution in [0.15, 0.2) is 0 Å². The van der Waals surface area contributed by atoms with Gasteiger partial charge in [-0.3, -0.25) is 4.79 Å². The molecule has 1 rings (SSSR count). The van der Waals surface area contributed by atoms with E-state index in [0.717, 1.165) is 19.5 Å². The van der Waals surface area contributed by atoms with Crippen molar-refractivity contribution in [2.75, 3.05) is 19.7 Å². The SMILES string of the molecule is CC(C)NC(=O)COC1CNCCC1C. The van der Waals surface area contributed by atoms with Gasteiger partial charge in [0.15, 0.2) is 0 Å². The van der Waals surface area contributed by atoms with Gasteiger partial charge in [0.25, 0.3) is 0 Å². The second kappa shape index (κ2) is 6.08. The number of piperidine rings is 1. The largest absolute Gasteiger partial charge is 0.367 e. The molecule has 2 atom stereocenters. The van der Waals surface area contributed by atoms with Crippen molar-refractivity contribution in [3.05, 3.63) is 0 Å². The number of carbonyl (C=O) groups is 1. The maximum absolute atomic E-state index is 11.3. The van der Waals surface area contributed by atoms with Gasteiger partial charge in [0.2, 0.25) is 5.91 Å². The lowest BCUT2D eigenvalue weighted by Crippen LogP contribution is -2.43. The van der Waals surface area contributed by atoms with Crippen molar-refractivity contribution >= 4 is 5.91 Å². The van der Waals surface area contributed by atoms with Crippen LogP contribution >= 0.6 is 0 Å². The molecule has 4 heteroatoms. The molecule has 2 unspecified atom stereocenters. The first kappa shape index (κ1) is 12.5. The Morgan fingerprint density at radius 3 is 2.93 bits per heavy atom. The molecule has 0 spiro atoms. The highest BCUT2D eigenvalue weighted by atomic mass is 16.5. The van der Waals surface area contributed by atoms with Crippen molar-refractivity contribution in [1.82, 2.24) is 10.6 Å². The van der Waals surface area contributed by atoms with Gasteiger partial charge in [0.05, 0.1) is 6.10 Å². The molecule has 0 radical (unpaired) electrons. The average Bonchev–Trinajstić information content (AvgIpc) is 2.15. The standard InChI is InChI=1S/C11H22N2O2/c1-8(2)13-11(14)7-15-10-6-12-5-4-9(10)3/h8-10,12H,4-7H2,1-3H3,(H,13,14). The highest BCUT2D eigenvalue weighted by molar-refractivity contribution is 5.77.